The van der Waals surface area contributed by atoms with Gasteiger partial charge in [-0.2, -0.15) is 4.31 Å². The minimum absolute atomic E-state index is 0.0758. The molecule has 1 saturated heterocycles. The van der Waals surface area contributed by atoms with Crippen molar-refractivity contribution in [3.8, 4) is 0 Å². The number of aliphatic hydroxyl groups excluding tert-OH is 1. The predicted molar refractivity (Wildman–Crippen MR) is 49.2 cm³/mol. The van der Waals surface area contributed by atoms with E-state index in [-0.39, 0.29) is 13.1 Å². The lowest BCUT2D eigenvalue weighted by atomic mass is 10.0. The monoisotopic (exact) mass is 225 g/mol. The first-order chi connectivity index (χ1) is 6.33. The molecule has 0 spiro atoms. The summed E-state index contributed by atoms with van der Waals surface area (Å²) >= 11 is 0. The normalized spacial score (nSPS) is 35.0. The van der Waals surface area contributed by atoms with Gasteiger partial charge in [0, 0.05) is 20.2 Å². The van der Waals surface area contributed by atoms with Crippen LogP contribution in [0.1, 0.15) is 0 Å². The molecule has 1 heterocycles. The molecule has 0 aliphatic carbocycles. The quantitative estimate of drug-likeness (QED) is 0.580. The summed E-state index contributed by atoms with van der Waals surface area (Å²) in [5.41, 5.74) is -1.49. The minimum atomic E-state index is -3.34. The zero-order chi connectivity index (χ0) is 11.0. The molecule has 0 saturated carbocycles. The Morgan fingerprint density at radius 3 is 2.50 bits per heavy atom. The third kappa shape index (κ3) is 2.06. The van der Waals surface area contributed by atoms with Crippen molar-refractivity contribution in [2.24, 2.45) is 0 Å². The van der Waals surface area contributed by atoms with Crippen LogP contribution in [0.2, 0.25) is 0 Å². The molecule has 0 aromatic rings. The first-order valence-electron chi connectivity index (χ1n) is 4.14. The summed E-state index contributed by atoms with van der Waals surface area (Å²) in [6.07, 6.45) is 0.380. The van der Waals surface area contributed by atoms with Crippen molar-refractivity contribution in [3.63, 3.8) is 0 Å². The van der Waals surface area contributed by atoms with Gasteiger partial charge in [0.05, 0.1) is 12.9 Å². The van der Waals surface area contributed by atoms with Gasteiger partial charge in [0.25, 0.3) is 0 Å². The van der Waals surface area contributed by atoms with Crippen LogP contribution in [0.4, 0.5) is 0 Å². The van der Waals surface area contributed by atoms with E-state index in [4.69, 9.17) is 9.84 Å². The van der Waals surface area contributed by atoms with E-state index in [0.29, 0.717) is 0 Å². The zero-order valence-electron chi connectivity index (χ0n) is 8.17. The van der Waals surface area contributed by atoms with Gasteiger partial charge in [-0.05, 0) is 0 Å². The highest BCUT2D eigenvalue weighted by Crippen LogP contribution is 2.25. The fraction of sp³-hybridized carbons (Fsp3) is 1.00. The van der Waals surface area contributed by atoms with E-state index >= 15 is 0 Å². The Kier molecular flexibility index (Phi) is 3.17. The highest BCUT2D eigenvalue weighted by atomic mass is 32.2. The van der Waals surface area contributed by atoms with Crippen molar-refractivity contribution < 1.29 is 23.4 Å². The molecule has 1 aliphatic heterocycles. The number of methoxy groups -OCH3 is 1. The van der Waals surface area contributed by atoms with Crippen LogP contribution in [0, 0.1) is 0 Å². The van der Waals surface area contributed by atoms with Gasteiger partial charge in [-0.1, -0.05) is 0 Å². The molecule has 6 nitrogen and oxygen atoms in total. The van der Waals surface area contributed by atoms with E-state index in [2.05, 4.69) is 0 Å². The second-order valence-corrected chi connectivity index (χ2v) is 5.52. The second-order valence-electron chi connectivity index (χ2n) is 3.54. The van der Waals surface area contributed by atoms with Gasteiger partial charge in [-0.25, -0.2) is 8.42 Å². The lowest BCUT2D eigenvalue weighted by molar-refractivity contribution is -0.0890. The summed E-state index contributed by atoms with van der Waals surface area (Å²) in [6.45, 7) is -0.565. The largest absolute Gasteiger partial charge is 0.393 e. The molecule has 2 atom stereocenters. The first-order valence-corrected chi connectivity index (χ1v) is 5.99. The van der Waals surface area contributed by atoms with Gasteiger partial charge < -0.3 is 14.9 Å². The molecule has 84 valence electrons. The molecule has 1 aliphatic rings. The van der Waals surface area contributed by atoms with Crippen molar-refractivity contribution in [2.75, 3.05) is 33.1 Å². The summed E-state index contributed by atoms with van der Waals surface area (Å²) < 4.78 is 28.4. The number of rotatable bonds is 3. The van der Waals surface area contributed by atoms with Gasteiger partial charge >= 0.3 is 0 Å². The number of β-amino-alcohol motifs (C(OH)–C–C–N with tert-alkyl or cyclic N) is 1. The average molecular weight is 225 g/mol. The van der Waals surface area contributed by atoms with Gasteiger partial charge in [-0.3, -0.25) is 0 Å². The minimum Gasteiger partial charge on any atom is -0.393 e. The molecule has 1 fully saturated rings. The average Bonchev–Trinajstić information content (AvgIpc) is 2.43. The van der Waals surface area contributed by atoms with E-state index < -0.39 is 28.3 Å². The SMILES string of the molecule is CO[C@H]1CN(S(C)(=O)=O)C[C@]1(O)CO. The Hall–Kier alpha value is -0.210. The maximum atomic E-state index is 11.2. The maximum Gasteiger partial charge on any atom is 0.211 e. The van der Waals surface area contributed by atoms with Gasteiger partial charge in [0.1, 0.15) is 11.7 Å². The predicted octanol–water partition coefficient (Wildman–Crippen LogP) is -2.00. The third-order valence-corrected chi connectivity index (χ3v) is 3.66. The molecule has 7 heteroatoms. The Labute approximate surface area is 83.1 Å². The number of hydrogen-bond donors (Lipinski definition) is 2. The lowest BCUT2D eigenvalue weighted by Gasteiger charge is -2.24. The maximum absolute atomic E-state index is 11.2. The van der Waals surface area contributed by atoms with Gasteiger partial charge in [0.15, 0.2) is 0 Å². The standard InChI is InChI=1S/C7H15NO5S/c1-13-6-3-8(14(2,11)12)4-7(6,10)5-9/h6,9-10H,3-5H2,1-2H3/t6-,7-/m0/s1. The summed E-state index contributed by atoms with van der Waals surface area (Å²) in [5, 5.41) is 18.8. The van der Waals surface area contributed by atoms with Crippen LogP contribution in [0.3, 0.4) is 0 Å². The number of hydrogen-bond acceptors (Lipinski definition) is 5. The number of ether oxygens (including phenoxy) is 1. The molecule has 2 N–H and O–H groups in total. The lowest BCUT2D eigenvalue weighted by Crippen LogP contribution is -2.46. The van der Waals surface area contributed by atoms with Crippen LogP contribution in [-0.4, -0.2) is 67.7 Å². The van der Waals surface area contributed by atoms with E-state index in [1.807, 2.05) is 0 Å². The Morgan fingerprint density at radius 1 is 1.64 bits per heavy atom. The number of nitrogens with zero attached hydrogens (tertiary/aromatic N) is 1. The van der Waals surface area contributed by atoms with Crippen molar-refractivity contribution in [2.45, 2.75) is 11.7 Å². The van der Waals surface area contributed by atoms with E-state index in [1.54, 1.807) is 0 Å². The topological polar surface area (TPSA) is 87.1 Å². The van der Waals surface area contributed by atoms with Crippen LogP contribution in [0.5, 0.6) is 0 Å². The number of sulfonamides is 1. The van der Waals surface area contributed by atoms with Gasteiger partial charge in [-0.15, -0.1) is 0 Å². The van der Waals surface area contributed by atoms with Gasteiger partial charge in [0.2, 0.25) is 10.0 Å². The van der Waals surface area contributed by atoms with Crippen molar-refractivity contribution in [1.82, 2.24) is 4.31 Å². The van der Waals surface area contributed by atoms with Crippen molar-refractivity contribution in [1.29, 1.82) is 0 Å². The Bertz CT molecular complexity index is 303. The Balaban J connectivity index is 2.86. The van der Waals surface area contributed by atoms with Crippen molar-refractivity contribution in [3.05, 3.63) is 0 Å². The van der Waals surface area contributed by atoms with E-state index in [1.165, 1.54) is 7.11 Å². The van der Waals surface area contributed by atoms with Crippen LogP contribution >= 0.6 is 0 Å². The number of aliphatic hydroxyl groups is 2. The molecule has 0 amide bonds. The first kappa shape index (κ1) is 11.9. The third-order valence-electron chi connectivity index (χ3n) is 2.45. The summed E-state index contributed by atoms with van der Waals surface area (Å²) in [4.78, 5) is 0. The molecule has 14 heavy (non-hydrogen) atoms. The molecule has 1 rings (SSSR count). The fourth-order valence-corrected chi connectivity index (χ4v) is 2.39. The molecule has 0 aromatic heterocycles. The van der Waals surface area contributed by atoms with E-state index in [0.717, 1.165) is 10.6 Å². The molecule has 0 bridgehead atoms. The molecular weight excluding hydrogens is 210 g/mol. The van der Waals surface area contributed by atoms with Crippen LogP contribution < -0.4 is 0 Å². The molecule has 0 radical (unpaired) electrons. The second kappa shape index (κ2) is 3.74. The van der Waals surface area contributed by atoms with Crippen molar-refractivity contribution >= 4 is 10.0 Å². The molecule has 0 unspecified atom stereocenters. The highest BCUT2D eigenvalue weighted by molar-refractivity contribution is 7.88. The van der Waals surface area contributed by atoms with Crippen LogP contribution in [-0.2, 0) is 14.8 Å². The highest BCUT2D eigenvalue weighted by Gasteiger charge is 2.48. The van der Waals surface area contributed by atoms with Crippen LogP contribution in [0.25, 0.3) is 0 Å². The zero-order valence-corrected chi connectivity index (χ0v) is 8.99. The molecular formula is C7H15NO5S. The summed E-state index contributed by atoms with van der Waals surface area (Å²) in [6, 6.07) is 0. The Morgan fingerprint density at radius 2 is 2.21 bits per heavy atom. The van der Waals surface area contributed by atoms with Crippen LogP contribution in [0.15, 0.2) is 0 Å². The smallest absolute Gasteiger partial charge is 0.211 e. The van der Waals surface area contributed by atoms with E-state index in [9.17, 15) is 13.5 Å². The summed E-state index contributed by atoms with van der Waals surface area (Å²) in [7, 11) is -1.97. The molecule has 0 aromatic carbocycles. The summed E-state index contributed by atoms with van der Waals surface area (Å²) in [5.74, 6) is 0. The fourth-order valence-electron chi connectivity index (χ4n) is 1.53.